The number of hydrogen-bond donors (Lipinski definition) is 0. The zero-order valence-corrected chi connectivity index (χ0v) is 10.8. The van der Waals surface area contributed by atoms with Crippen LogP contribution < -0.4 is 0 Å². The van der Waals surface area contributed by atoms with Gasteiger partial charge in [-0.05, 0) is 40.3 Å². The Labute approximate surface area is 104 Å². The number of nitriles is 1. The fraction of sp³-hybridized carbons (Fsp3) is 0.100. The van der Waals surface area contributed by atoms with Crippen molar-refractivity contribution in [1.82, 2.24) is 0 Å². The molecule has 0 amide bonds. The molecule has 1 heterocycles. The van der Waals surface area contributed by atoms with Crippen LogP contribution in [-0.2, 0) is 5.88 Å². The maximum absolute atomic E-state index is 8.90. The van der Waals surface area contributed by atoms with E-state index in [2.05, 4.69) is 34.7 Å². The van der Waals surface area contributed by atoms with Gasteiger partial charge in [-0.2, -0.15) is 5.26 Å². The van der Waals surface area contributed by atoms with Crippen molar-refractivity contribution in [3.63, 3.8) is 0 Å². The molecule has 0 unspecified atom stereocenters. The summed E-state index contributed by atoms with van der Waals surface area (Å²) in [5, 5.41) is 11.8. The second kappa shape index (κ2) is 4.05. The molecule has 2 rings (SSSR count). The predicted molar refractivity (Wildman–Crippen MR) is 68.8 cm³/mol. The largest absolute Gasteiger partial charge is 0.192 e. The summed E-state index contributed by atoms with van der Waals surface area (Å²) in [6, 6.07) is 6.28. The topological polar surface area (TPSA) is 23.8 Å². The molecule has 0 bridgehead atoms. The molecule has 1 nitrogen and oxygen atoms in total. The van der Waals surface area contributed by atoms with E-state index in [9.17, 15) is 0 Å². The summed E-state index contributed by atoms with van der Waals surface area (Å²) in [5.74, 6) is 0.499. The minimum absolute atomic E-state index is 0.499. The van der Waals surface area contributed by atoms with Crippen molar-refractivity contribution in [2.45, 2.75) is 5.88 Å². The minimum Gasteiger partial charge on any atom is -0.192 e. The molecular formula is C10H5ClINS. The third-order valence-corrected chi connectivity index (χ3v) is 3.96. The van der Waals surface area contributed by atoms with Gasteiger partial charge in [-0.25, -0.2) is 0 Å². The van der Waals surface area contributed by atoms with Crippen LogP contribution in [0.5, 0.6) is 0 Å². The third kappa shape index (κ3) is 1.62. The number of hydrogen-bond acceptors (Lipinski definition) is 2. The third-order valence-electron chi connectivity index (χ3n) is 1.98. The number of benzene rings is 1. The lowest BCUT2D eigenvalue weighted by Gasteiger charge is -1.99. The first kappa shape index (κ1) is 10.2. The Morgan fingerprint density at radius 3 is 2.93 bits per heavy atom. The number of alkyl halides is 1. The van der Waals surface area contributed by atoms with Crippen LogP contribution in [0.3, 0.4) is 0 Å². The zero-order chi connectivity index (χ0) is 10.1. The predicted octanol–water partition coefficient (Wildman–Crippen LogP) is 4.12. The van der Waals surface area contributed by atoms with Crippen molar-refractivity contribution in [2.24, 2.45) is 0 Å². The van der Waals surface area contributed by atoms with Crippen LogP contribution >= 0.6 is 45.5 Å². The average Bonchev–Trinajstić information content (AvgIpc) is 2.59. The van der Waals surface area contributed by atoms with Crippen molar-refractivity contribution >= 4 is 55.6 Å². The molecule has 1 aromatic heterocycles. The Morgan fingerprint density at radius 1 is 1.50 bits per heavy atom. The van der Waals surface area contributed by atoms with E-state index in [0.29, 0.717) is 5.88 Å². The van der Waals surface area contributed by atoms with Crippen molar-refractivity contribution in [1.29, 1.82) is 5.26 Å². The van der Waals surface area contributed by atoms with E-state index < -0.39 is 0 Å². The summed E-state index contributed by atoms with van der Waals surface area (Å²) >= 11 is 9.68. The molecule has 0 saturated carbocycles. The number of nitrogens with zero attached hydrogens (tertiary/aromatic N) is 1. The van der Waals surface area contributed by atoms with Gasteiger partial charge in [0, 0.05) is 24.9 Å². The Kier molecular flexibility index (Phi) is 2.96. The van der Waals surface area contributed by atoms with Crippen molar-refractivity contribution < 1.29 is 0 Å². The number of fused-ring (bicyclic) bond motifs is 1. The quantitative estimate of drug-likeness (QED) is 0.569. The molecule has 1 aromatic carbocycles. The van der Waals surface area contributed by atoms with Gasteiger partial charge in [0.2, 0.25) is 0 Å². The monoisotopic (exact) mass is 333 g/mol. The summed E-state index contributed by atoms with van der Waals surface area (Å²) in [5.41, 5.74) is 1.86. The highest BCUT2D eigenvalue weighted by molar-refractivity contribution is 14.1. The highest BCUT2D eigenvalue weighted by Gasteiger charge is 2.08. The van der Waals surface area contributed by atoms with E-state index in [1.54, 1.807) is 11.3 Å². The Balaban J connectivity index is 2.85. The molecule has 70 valence electrons. The van der Waals surface area contributed by atoms with Crippen LogP contribution in [0.4, 0.5) is 0 Å². The van der Waals surface area contributed by atoms with Gasteiger partial charge < -0.3 is 0 Å². The van der Waals surface area contributed by atoms with Crippen LogP contribution in [0.25, 0.3) is 10.1 Å². The lowest BCUT2D eigenvalue weighted by Crippen LogP contribution is -1.81. The second-order valence-electron chi connectivity index (χ2n) is 2.84. The van der Waals surface area contributed by atoms with Gasteiger partial charge in [0.05, 0.1) is 5.56 Å². The molecule has 0 atom stereocenters. The molecule has 0 saturated heterocycles. The van der Waals surface area contributed by atoms with Gasteiger partial charge in [0.25, 0.3) is 0 Å². The number of rotatable bonds is 1. The van der Waals surface area contributed by atoms with E-state index in [-0.39, 0.29) is 0 Å². The first-order valence-electron chi connectivity index (χ1n) is 3.92. The van der Waals surface area contributed by atoms with Crippen LogP contribution in [0.2, 0.25) is 0 Å². The maximum Gasteiger partial charge on any atom is 0.101 e. The molecule has 14 heavy (non-hydrogen) atoms. The fourth-order valence-electron chi connectivity index (χ4n) is 1.36. The van der Waals surface area contributed by atoms with Gasteiger partial charge in [-0.1, -0.05) is 0 Å². The van der Waals surface area contributed by atoms with Crippen LogP contribution in [0.1, 0.15) is 11.1 Å². The first-order chi connectivity index (χ1) is 6.76. The van der Waals surface area contributed by atoms with Crippen LogP contribution in [0, 0.1) is 14.9 Å². The summed E-state index contributed by atoms with van der Waals surface area (Å²) in [7, 11) is 0. The molecule has 2 aromatic rings. The van der Waals surface area contributed by atoms with Crippen LogP contribution in [-0.4, -0.2) is 0 Å². The number of halogens is 2. The Morgan fingerprint density at radius 2 is 2.29 bits per heavy atom. The van der Waals surface area contributed by atoms with Gasteiger partial charge >= 0.3 is 0 Å². The lowest BCUT2D eigenvalue weighted by molar-refractivity contribution is 1.45. The molecule has 0 aliphatic carbocycles. The van der Waals surface area contributed by atoms with Gasteiger partial charge in [-0.15, -0.1) is 22.9 Å². The Bertz CT molecular complexity index is 527. The van der Waals surface area contributed by atoms with Crippen LogP contribution in [0.15, 0.2) is 17.5 Å². The molecule has 0 N–H and O–H groups in total. The first-order valence-corrected chi connectivity index (χ1v) is 6.41. The normalized spacial score (nSPS) is 10.4. The standard InChI is InChI=1S/C10H5ClINS/c11-3-6-1-8(12)2-9-7(4-13)5-14-10(6)9/h1-2,5H,3H2. The average molecular weight is 334 g/mol. The molecule has 0 radical (unpaired) electrons. The van der Waals surface area contributed by atoms with Crippen molar-refractivity contribution in [3.05, 3.63) is 32.2 Å². The molecule has 0 spiro atoms. The second-order valence-corrected chi connectivity index (χ2v) is 5.23. The van der Waals surface area contributed by atoms with Gasteiger partial charge in [0.1, 0.15) is 6.07 Å². The van der Waals surface area contributed by atoms with E-state index in [4.69, 9.17) is 16.9 Å². The highest BCUT2D eigenvalue weighted by atomic mass is 127. The molecule has 4 heteroatoms. The summed E-state index contributed by atoms with van der Waals surface area (Å²) < 4.78 is 2.26. The highest BCUT2D eigenvalue weighted by Crippen LogP contribution is 2.31. The van der Waals surface area contributed by atoms with Gasteiger partial charge in [0.15, 0.2) is 0 Å². The fourth-order valence-corrected chi connectivity index (χ4v) is 3.33. The zero-order valence-electron chi connectivity index (χ0n) is 7.05. The number of thiophene rings is 1. The van der Waals surface area contributed by atoms with E-state index >= 15 is 0 Å². The SMILES string of the molecule is N#Cc1csc2c(CCl)cc(I)cc12. The molecular weight excluding hydrogens is 329 g/mol. The summed E-state index contributed by atoms with van der Waals surface area (Å²) in [4.78, 5) is 0. The molecule has 0 fully saturated rings. The van der Waals surface area contributed by atoms with E-state index in [0.717, 1.165) is 24.8 Å². The smallest absolute Gasteiger partial charge is 0.101 e. The maximum atomic E-state index is 8.90. The van der Waals surface area contributed by atoms with Crippen molar-refractivity contribution in [2.75, 3.05) is 0 Å². The molecule has 0 aliphatic rings. The summed E-state index contributed by atoms with van der Waals surface area (Å²) in [6.07, 6.45) is 0. The molecule has 0 aliphatic heterocycles. The van der Waals surface area contributed by atoms with E-state index in [1.807, 2.05) is 11.4 Å². The lowest BCUT2D eigenvalue weighted by atomic mass is 10.1. The summed E-state index contributed by atoms with van der Waals surface area (Å²) in [6.45, 7) is 0. The Hall–Kier alpha value is -0.310. The van der Waals surface area contributed by atoms with Crippen molar-refractivity contribution in [3.8, 4) is 6.07 Å². The minimum atomic E-state index is 0.499. The van der Waals surface area contributed by atoms with Gasteiger partial charge in [-0.3, -0.25) is 0 Å². The van der Waals surface area contributed by atoms with E-state index in [1.165, 1.54) is 0 Å².